The number of rotatable bonds is 3. The molecule has 1 atom stereocenters. The quantitative estimate of drug-likeness (QED) is 0.785. The SMILES string of the molecule is O=C(c1ccc(F)cc1)N1CC2(C1)CS(=O)(=O)[C@@H](Cn1ccnc1)CO2. The minimum absolute atomic E-state index is 0.0963. The minimum atomic E-state index is -3.35. The number of sulfone groups is 1. The fraction of sp³-hybridized carbons (Fsp3) is 0.412. The molecule has 2 aliphatic rings. The zero-order valence-electron chi connectivity index (χ0n) is 13.9. The number of benzene rings is 1. The van der Waals surface area contributed by atoms with Gasteiger partial charge < -0.3 is 14.2 Å². The summed E-state index contributed by atoms with van der Waals surface area (Å²) in [6.07, 6.45) is 4.89. The second-order valence-electron chi connectivity index (χ2n) is 6.85. The van der Waals surface area contributed by atoms with Crippen LogP contribution in [-0.4, -0.2) is 65.1 Å². The first kappa shape index (κ1) is 17.2. The average molecular weight is 379 g/mol. The third-order valence-corrected chi connectivity index (χ3v) is 7.09. The molecule has 0 saturated carbocycles. The molecule has 3 heterocycles. The molecule has 138 valence electrons. The average Bonchev–Trinajstić information content (AvgIpc) is 3.07. The monoisotopic (exact) mass is 379 g/mol. The predicted octanol–water partition coefficient (Wildman–Crippen LogP) is 0.731. The number of carbonyl (C=O) groups excluding carboxylic acids is 1. The first-order valence-corrected chi connectivity index (χ1v) is 9.95. The fourth-order valence-electron chi connectivity index (χ4n) is 3.45. The van der Waals surface area contributed by atoms with Crippen molar-refractivity contribution in [2.45, 2.75) is 17.4 Å². The van der Waals surface area contributed by atoms with E-state index in [1.807, 2.05) is 0 Å². The van der Waals surface area contributed by atoms with Crippen molar-refractivity contribution in [2.75, 3.05) is 25.4 Å². The van der Waals surface area contributed by atoms with E-state index in [0.717, 1.165) is 0 Å². The minimum Gasteiger partial charge on any atom is -0.369 e. The van der Waals surface area contributed by atoms with Gasteiger partial charge in [-0.05, 0) is 24.3 Å². The van der Waals surface area contributed by atoms with E-state index in [0.29, 0.717) is 12.1 Å². The molecule has 0 bridgehead atoms. The number of nitrogens with zero attached hydrogens (tertiary/aromatic N) is 3. The van der Waals surface area contributed by atoms with Crippen LogP contribution in [0.4, 0.5) is 4.39 Å². The number of hydrogen-bond donors (Lipinski definition) is 0. The van der Waals surface area contributed by atoms with Gasteiger partial charge in [0.2, 0.25) is 0 Å². The summed E-state index contributed by atoms with van der Waals surface area (Å²) in [5.74, 6) is -0.767. The summed E-state index contributed by atoms with van der Waals surface area (Å²) in [6, 6.07) is 5.29. The summed E-state index contributed by atoms with van der Waals surface area (Å²) in [4.78, 5) is 17.8. The topological polar surface area (TPSA) is 81.5 Å². The number of ether oxygens (including phenoxy) is 1. The highest BCUT2D eigenvalue weighted by Crippen LogP contribution is 2.33. The first-order valence-electron chi connectivity index (χ1n) is 8.23. The summed E-state index contributed by atoms with van der Waals surface area (Å²) < 4.78 is 45.8. The summed E-state index contributed by atoms with van der Waals surface area (Å²) in [7, 11) is -3.35. The normalized spacial score (nSPS) is 23.6. The van der Waals surface area contributed by atoms with Crippen LogP contribution in [0.25, 0.3) is 0 Å². The molecule has 2 aliphatic heterocycles. The lowest BCUT2D eigenvalue weighted by molar-refractivity contribution is -0.121. The van der Waals surface area contributed by atoms with E-state index in [4.69, 9.17) is 4.74 Å². The Morgan fingerprint density at radius 1 is 1.31 bits per heavy atom. The van der Waals surface area contributed by atoms with E-state index in [9.17, 15) is 17.6 Å². The molecule has 1 aromatic carbocycles. The van der Waals surface area contributed by atoms with Gasteiger partial charge in [0.25, 0.3) is 5.91 Å². The Bertz CT molecular complexity index is 906. The van der Waals surface area contributed by atoms with E-state index >= 15 is 0 Å². The molecule has 4 rings (SSSR count). The van der Waals surface area contributed by atoms with Gasteiger partial charge in [-0.1, -0.05) is 0 Å². The van der Waals surface area contributed by atoms with Crippen LogP contribution >= 0.6 is 0 Å². The van der Waals surface area contributed by atoms with Crippen molar-refractivity contribution in [3.63, 3.8) is 0 Å². The predicted molar refractivity (Wildman–Crippen MR) is 90.8 cm³/mol. The zero-order valence-corrected chi connectivity index (χ0v) is 14.7. The molecule has 2 saturated heterocycles. The van der Waals surface area contributed by atoms with Crippen molar-refractivity contribution in [3.8, 4) is 0 Å². The summed E-state index contributed by atoms with van der Waals surface area (Å²) in [5.41, 5.74) is -0.460. The highest BCUT2D eigenvalue weighted by atomic mass is 32.2. The second kappa shape index (κ2) is 6.17. The van der Waals surface area contributed by atoms with Crippen LogP contribution in [0.3, 0.4) is 0 Å². The van der Waals surface area contributed by atoms with Crippen LogP contribution in [-0.2, 0) is 21.1 Å². The van der Waals surface area contributed by atoms with Crippen LogP contribution in [0.5, 0.6) is 0 Å². The number of aromatic nitrogens is 2. The lowest BCUT2D eigenvalue weighted by atomic mass is 9.94. The maximum atomic E-state index is 13.0. The lowest BCUT2D eigenvalue weighted by Crippen LogP contribution is -2.70. The molecule has 2 aromatic rings. The summed E-state index contributed by atoms with van der Waals surface area (Å²) in [5, 5.41) is -0.621. The van der Waals surface area contributed by atoms with Crippen LogP contribution in [0.1, 0.15) is 10.4 Å². The summed E-state index contributed by atoms with van der Waals surface area (Å²) in [6.45, 7) is 0.843. The number of imidazole rings is 1. The maximum Gasteiger partial charge on any atom is 0.254 e. The molecular weight excluding hydrogens is 361 g/mol. The van der Waals surface area contributed by atoms with E-state index in [-0.39, 0.29) is 31.4 Å². The molecule has 0 unspecified atom stereocenters. The van der Waals surface area contributed by atoms with Crippen molar-refractivity contribution < 1.29 is 22.3 Å². The number of likely N-dealkylation sites (tertiary alicyclic amines) is 1. The molecule has 0 aliphatic carbocycles. The van der Waals surface area contributed by atoms with Crippen molar-refractivity contribution in [1.29, 1.82) is 0 Å². The van der Waals surface area contributed by atoms with Gasteiger partial charge in [0, 0.05) is 24.5 Å². The van der Waals surface area contributed by atoms with Gasteiger partial charge in [0.05, 0.1) is 31.8 Å². The third kappa shape index (κ3) is 3.12. The Kier molecular flexibility index (Phi) is 4.07. The Balaban J connectivity index is 1.40. The van der Waals surface area contributed by atoms with Crippen LogP contribution in [0.15, 0.2) is 43.0 Å². The number of amides is 1. The summed E-state index contributed by atoms with van der Waals surface area (Å²) >= 11 is 0. The molecule has 7 nitrogen and oxygen atoms in total. The van der Waals surface area contributed by atoms with E-state index in [1.54, 1.807) is 23.3 Å². The number of carbonyl (C=O) groups is 1. The van der Waals surface area contributed by atoms with Gasteiger partial charge in [-0.3, -0.25) is 4.79 Å². The number of hydrogen-bond acceptors (Lipinski definition) is 5. The van der Waals surface area contributed by atoms with E-state index < -0.39 is 26.5 Å². The van der Waals surface area contributed by atoms with Gasteiger partial charge in [0.15, 0.2) is 9.84 Å². The molecular formula is C17H18FN3O4S. The first-order chi connectivity index (χ1) is 12.4. The van der Waals surface area contributed by atoms with E-state index in [1.165, 1.54) is 29.2 Å². The van der Waals surface area contributed by atoms with Crippen LogP contribution < -0.4 is 0 Å². The maximum absolute atomic E-state index is 13.0. The molecule has 0 radical (unpaired) electrons. The Hall–Kier alpha value is -2.26. The largest absolute Gasteiger partial charge is 0.369 e. The molecule has 9 heteroatoms. The highest BCUT2D eigenvalue weighted by molar-refractivity contribution is 7.92. The van der Waals surface area contributed by atoms with Crippen molar-refractivity contribution in [1.82, 2.24) is 14.5 Å². The Morgan fingerprint density at radius 2 is 2.04 bits per heavy atom. The van der Waals surface area contributed by atoms with Gasteiger partial charge in [-0.2, -0.15) is 0 Å². The molecule has 1 amide bonds. The van der Waals surface area contributed by atoms with Gasteiger partial charge >= 0.3 is 0 Å². The van der Waals surface area contributed by atoms with Crippen molar-refractivity contribution in [2.24, 2.45) is 0 Å². The van der Waals surface area contributed by atoms with Crippen molar-refractivity contribution >= 4 is 15.7 Å². The number of halogens is 1. The standard InChI is InChI=1S/C17H18FN3O4S/c18-14-3-1-13(2-4-14)16(22)21-9-17(10-21)11-26(23,24)15(8-25-17)7-20-6-5-19-12-20/h1-6,12,15H,7-11H2/t15-/m0/s1. The lowest BCUT2D eigenvalue weighted by Gasteiger charge is -2.52. The fourth-order valence-corrected chi connectivity index (χ4v) is 5.36. The molecule has 2 fully saturated rings. The highest BCUT2D eigenvalue weighted by Gasteiger charge is 2.53. The van der Waals surface area contributed by atoms with Gasteiger partial charge in [-0.25, -0.2) is 17.8 Å². The van der Waals surface area contributed by atoms with E-state index in [2.05, 4.69) is 4.98 Å². The van der Waals surface area contributed by atoms with Crippen molar-refractivity contribution in [3.05, 3.63) is 54.4 Å². The zero-order chi connectivity index (χ0) is 18.4. The molecule has 1 aromatic heterocycles. The molecule has 1 spiro atoms. The smallest absolute Gasteiger partial charge is 0.254 e. The van der Waals surface area contributed by atoms with Gasteiger partial charge in [-0.15, -0.1) is 0 Å². The van der Waals surface area contributed by atoms with Crippen LogP contribution in [0.2, 0.25) is 0 Å². The molecule has 0 N–H and O–H groups in total. The Labute approximate surface area is 150 Å². The van der Waals surface area contributed by atoms with Crippen LogP contribution in [0, 0.1) is 5.82 Å². The third-order valence-electron chi connectivity index (χ3n) is 4.86. The van der Waals surface area contributed by atoms with Gasteiger partial charge in [0.1, 0.15) is 16.7 Å². The Morgan fingerprint density at radius 3 is 2.65 bits per heavy atom. The second-order valence-corrected chi connectivity index (χ2v) is 9.13. The molecule has 26 heavy (non-hydrogen) atoms.